The molecule has 0 aromatic carbocycles. The maximum atomic E-state index is 3.53. The van der Waals surface area contributed by atoms with Gasteiger partial charge >= 0.3 is 0 Å². The maximum absolute atomic E-state index is 3.53. The molecular formula is C13H30N2. The molecule has 1 atom stereocenters. The minimum Gasteiger partial charge on any atom is -0.314 e. The molecule has 0 aliphatic heterocycles. The Morgan fingerprint density at radius 1 is 1.20 bits per heavy atom. The fourth-order valence-electron chi connectivity index (χ4n) is 1.87. The number of nitrogens with zero attached hydrogens (tertiary/aromatic N) is 1. The molecule has 2 heteroatoms. The van der Waals surface area contributed by atoms with E-state index in [1.54, 1.807) is 0 Å². The van der Waals surface area contributed by atoms with E-state index in [1.165, 1.54) is 32.4 Å². The van der Waals surface area contributed by atoms with Crippen molar-refractivity contribution in [2.24, 2.45) is 5.92 Å². The maximum Gasteiger partial charge on any atom is 0.00391 e. The summed E-state index contributed by atoms with van der Waals surface area (Å²) in [6.07, 6.45) is 3.83. The van der Waals surface area contributed by atoms with E-state index in [4.69, 9.17) is 0 Å². The first-order chi connectivity index (χ1) is 7.06. The third-order valence-corrected chi connectivity index (χ3v) is 2.60. The summed E-state index contributed by atoms with van der Waals surface area (Å²) in [6, 6.07) is 0.678. The average Bonchev–Trinajstić information content (AvgIpc) is 2.13. The quantitative estimate of drug-likeness (QED) is 0.635. The molecule has 0 aliphatic rings. The lowest BCUT2D eigenvalue weighted by Crippen LogP contribution is -2.29. The Labute approximate surface area is 96.4 Å². The van der Waals surface area contributed by atoms with Crippen LogP contribution in [0.5, 0.6) is 0 Å². The molecule has 0 fully saturated rings. The Balaban J connectivity index is 3.35. The summed E-state index contributed by atoms with van der Waals surface area (Å²) >= 11 is 0. The number of rotatable bonds is 9. The Morgan fingerprint density at radius 2 is 1.87 bits per heavy atom. The Hall–Kier alpha value is -0.0800. The van der Waals surface area contributed by atoms with Crippen molar-refractivity contribution in [1.82, 2.24) is 10.2 Å². The fraction of sp³-hybridized carbons (Fsp3) is 1.00. The van der Waals surface area contributed by atoms with Crippen molar-refractivity contribution in [3.63, 3.8) is 0 Å². The second-order valence-electron chi connectivity index (χ2n) is 5.15. The van der Waals surface area contributed by atoms with Gasteiger partial charge in [-0.25, -0.2) is 0 Å². The van der Waals surface area contributed by atoms with Crippen LogP contribution in [0.1, 0.15) is 47.0 Å². The van der Waals surface area contributed by atoms with Gasteiger partial charge in [-0.3, -0.25) is 0 Å². The van der Waals surface area contributed by atoms with E-state index < -0.39 is 0 Å². The Bertz CT molecular complexity index is 134. The minimum absolute atomic E-state index is 0.678. The van der Waals surface area contributed by atoms with E-state index in [1.807, 2.05) is 0 Å². The second kappa shape index (κ2) is 9.17. The first-order valence-electron chi connectivity index (χ1n) is 6.48. The highest BCUT2D eigenvalue weighted by Crippen LogP contribution is 2.01. The predicted octanol–water partition coefficient (Wildman–Crippen LogP) is 2.74. The van der Waals surface area contributed by atoms with Gasteiger partial charge in [0.1, 0.15) is 0 Å². The van der Waals surface area contributed by atoms with Gasteiger partial charge in [-0.05, 0) is 52.2 Å². The zero-order chi connectivity index (χ0) is 11.7. The van der Waals surface area contributed by atoms with Crippen LogP contribution in [0.3, 0.4) is 0 Å². The van der Waals surface area contributed by atoms with Crippen molar-refractivity contribution in [2.45, 2.75) is 53.0 Å². The van der Waals surface area contributed by atoms with Gasteiger partial charge in [0, 0.05) is 12.6 Å². The van der Waals surface area contributed by atoms with Crippen molar-refractivity contribution in [2.75, 3.05) is 26.7 Å². The Kier molecular flexibility index (Phi) is 9.12. The summed E-state index contributed by atoms with van der Waals surface area (Å²) in [5, 5.41) is 3.53. The van der Waals surface area contributed by atoms with Crippen molar-refractivity contribution >= 4 is 0 Å². The molecule has 0 amide bonds. The second-order valence-corrected chi connectivity index (χ2v) is 5.15. The van der Waals surface area contributed by atoms with Crippen LogP contribution in [0.4, 0.5) is 0 Å². The molecular weight excluding hydrogens is 184 g/mol. The highest BCUT2D eigenvalue weighted by atomic mass is 15.1. The third kappa shape index (κ3) is 10.2. The van der Waals surface area contributed by atoms with Crippen LogP contribution < -0.4 is 5.32 Å². The molecule has 0 spiro atoms. The standard InChI is InChI=1S/C13H30N2/c1-6-9-14-13(4)8-7-10-15(5)11-12(2)3/h12-14H,6-11H2,1-5H3. The van der Waals surface area contributed by atoms with Crippen molar-refractivity contribution in [1.29, 1.82) is 0 Å². The normalized spacial score (nSPS) is 13.8. The summed E-state index contributed by atoms with van der Waals surface area (Å²) in [6.45, 7) is 12.7. The molecule has 0 aliphatic carbocycles. The van der Waals surface area contributed by atoms with Gasteiger partial charge in [0.15, 0.2) is 0 Å². The summed E-state index contributed by atoms with van der Waals surface area (Å²) in [5.41, 5.74) is 0. The summed E-state index contributed by atoms with van der Waals surface area (Å²) in [4.78, 5) is 2.44. The fourth-order valence-corrected chi connectivity index (χ4v) is 1.87. The summed E-state index contributed by atoms with van der Waals surface area (Å²) in [5.74, 6) is 0.783. The molecule has 1 unspecified atom stereocenters. The van der Waals surface area contributed by atoms with Crippen molar-refractivity contribution in [3.05, 3.63) is 0 Å². The molecule has 92 valence electrons. The summed E-state index contributed by atoms with van der Waals surface area (Å²) < 4.78 is 0. The molecule has 1 N–H and O–H groups in total. The van der Waals surface area contributed by atoms with E-state index in [-0.39, 0.29) is 0 Å². The van der Waals surface area contributed by atoms with Crippen LogP contribution in [0.15, 0.2) is 0 Å². The van der Waals surface area contributed by atoms with Crippen LogP contribution in [0, 0.1) is 5.92 Å². The molecule has 0 rings (SSSR count). The van der Waals surface area contributed by atoms with Crippen LogP contribution in [-0.4, -0.2) is 37.6 Å². The number of nitrogens with one attached hydrogen (secondary N) is 1. The van der Waals surface area contributed by atoms with Crippen LogP contribution in [0.25, 0.3) is 0 Å². The molecule has 0 saturated heterocycles. The van der Waals surface area contributed by atoms with Crippen LogP contribution in [-0.2, 0) is 0 Å². The lowest BCUT2D eigenvalue weighted by molar-refractivity contribution is 0.284. The average molecular weight is 214 g/mol. The van der Waals surface area contributed by atoms with E-state index in [0.29, 0.717) is 6.04 Å². The van der Waals surface area contributed by atoms with Gasteiger partial charge in [0.25, 0.3) is 0 Å². The van der Waals surface area contributed by atoms with E-state index in [0.717, 1.165) is 12.5 Å². The molecule has 0 saturated carbocycles. The van der Waals surface area contributed by atoms with Crippen molar-refractivity contribution in [3.8, 4) is 0 Å². The van der Waals surface area contributed by atoms with Gasteiger partial charge in [-0.2, -0.15) is 0 Å². The Morgan fingerprint density at radius 3 is 2.40 bits per heavy atom. The van der Waals surface area contributed by atoms with E-state index >= 15 is 0 Å². The highest BCUT2D eigenvalue weighted by Gasteiger charge is 2.03. The minimum atomic E-state index is 0.678. The number of hydrogen-bond acceptors (Lipinski definition) is 2. The SMILES string of the molecule is CCCNC(C)CCCN(C)CC(C)C. The topological polar surface area (TPSA) is 15.3 Å². The molecule has 2 nitrogen and oxygen atoms in total. The van der Waals surface area contributed by atoms with Gasteiger partial charge in [0.2, 0.25) is 0 Å². The largest absolute Gasteiger partial charge is 0.314 e. The van der Waals surface area contributed by atoms with Gasteiger partial charge in [0.05, 0.1) is 0 Å². The lowest BCUT2D eigenvalue weighted by Gasteiger charge is -2.20. The smallest absolute Gasteiger partial charge is 0.00391 e. The zero-order valence-electron chi connectivity index (χ0n) is 11.3. The summed E-state index contributed by atoms with van der Waals surface area (Å²) in [7, 11) is 2.23. The first kappa shape index (κ1) is 14.9. The first-order valence-corrected chi connectivity index (χ1v) is 6.48. The van der Waals surface area contributed by atoms with E-state index in [9.17, 15) is 0 Å². The third-order valence-electron chi connectivity index (χ3n) is 2.60. The van der Waals surface area contributed by atoms with Gasteiger partial charge in [-0.15, -0.1) is 0 Å². The molecule has 0 bridgehead atoms. The van der Waals surface area contributed by atoms with Crippen LogP contribution >= 0.6 is 0 Å². The lowest BCUT2D eigenvalue weighted by atomic mass is 10.1. The molecule has 0 aromatic rings. The highest BCUT2D eigenvalue weighted by molar-refractivity contribution is 4.62. The molecule has 15 heavy (non-hydrogen) atoms. The molecule has 0 heterocycles. The molecule has 0 radical (unpaired) electrons. The molecule has 0 aromatic heterocycles. The zero-order valence-corrected chi connectivity index (χ0v) is 11.3. The van der Waals surface area contributed by atoms with Crippen molar-refractivity contribution < 1.29 is 0 Å². The van der Waals surface area contributed by atoms with Gasteiger partial charge < -0.3 is 10.2 Å². The van der Waals surface area contributed by atoms with Gasteiger partial charge in [-0.1, -0.05) is 20.8 Å². The predicted molar refractivity (Wildman–Crippen MR) is 69.3 cm³/mol. The monoisotopic (exact) mass is 214 g/mol. The van der Waals surface area contributed by atoms with Crippen LogP contribution in [0.2, 0.25) is 0 Å². The number of hydrogen-bond donors (Lipinski definition) is 1. The van der Waals surface area contributed by atoms with E-state index in [2.05, 4.69) is 45.0 Å².